The maximum Gasteiger partial charge on any atom is 0.264 e. The number of likely N-dealkylation sites (tertiary alicyclic amines) is 1. The number of hydrogen-bond donors (Lipinski definition) is 1. The second kappa shape index (κ2) is 8.97. The number of carbonyl (C=O) groups excluding carboxylic acids is 1. The number of amides is 1. The SMILES string of the molecule is CC(C)N1CCC(NC(=O)c2ccc(S(=O)(=O)N(C)c3ccccc3)cc2)CC1. The van der Waals surface area contributed by atoms with Crippen LogP contribution in [0, 0.1) is 0 Å². The van der Waals surface area contributed by atoms with Gasteiger partial charge >= 0.3 is 0 Å². The van der Waals surface area contributed by atoms with Crippen molar-refractivity contribution < 1.29 is 13.2 Å². The molecule has 0 atom stereocenters. The van der Waals surface area contributed by atoms with Gasteiger partial charge in [-0.25, -0.2) is 8.42 Å². The van der Waals surface area contributed by atoms with Crippen molar-refractivity contribution in [2.45, 2.75) is 43.7 Å². The molecular weight excluding hydrogens is 386 g/mol. The highest BCUT2D eigenvalue weighted by molar-refractivity contribution is 7.92. The van der Waals surface area contributed by atoms with E-state index < -0.39 is 10.0 Å². The fraction of sp³-hybridized carbons (Fsp3) is 0.409. The van der Waals surface area contributed by atoms with E-state index >= 15 is 0 Å². The number of carbonyl (C=O) groups is 1. The fourth-order valence-corrected chi connectivity index (χ4v) is 4.74. The van der Waals surface area contributed by atoms with Crippen molar-refractivity contribution in [3.8, 4) is 0 Å². The highest BCUT2D eigenvalue weighted by Gasteiger charge is 2.24. The third-order valence-electron chi connectivity index (χ3n) is 5.49. The zero-order valence-corrected chi connectivity index (χ0v) is 18.0. The first-order valence-electron chi connectivity index (χ1n) is 9.98. The minimum Gasteiger partial charge on any atom is -0.349 e. The first-order chi connectivity index (χ1) is 13.8. The standard InChI is InChI=1S/C22H29N3O3S/c1-17(2)25-15-13-19(14-16-25)23-22(26)18-9-11-21(12-10-18)29(27,28)24(3)20-7-5-4-6-8-20/h4-12,17,19H,13-16H2,1-3H3,(H,23,26). The Hall–Kier alpha value is -2.38. The number of para-hydroxylation sites is 1. The average molecular weight is 416 g/mol. The van der Waals surface area contributed by atoms with E-state index in [0.29, 0.717) is 17.3 Å². The highest BCUT2D eigenvalue weighted by atomic mass is 32.2. The number of hydrogen-bond acceptors (Lipinski definition) is 4. The molecule has 1 N–H and O–H groups in total. The summed E-state index contributed by atoms with van der Waals surface area (Å²) in [5, 5.41) is 3.08. The molecule has 0 bridgehead atoms. The molecule has 0 unspecified atom stereocenters. The van der Waals surface area contributed by atoms with Crippen molar-refractivity contribution in [1.29, 1.82) is 0 Å². The quantitative estimate of drug-likeness (QED) is 0.787. The number of nitrogens with one attached hydrogen (secondary N) is 1. The molecule has 6 nitrogen and oxygen atoms in total. The van der Waals surface area contributed by atoms with Crippen molar-refractivity contribution in [1.82, 2.24) is 10.2 Å². The zero-order chi connectivity index (χ0) is 21.0. The third-order valence-corrected chi connectivity index (χ3v) is 7.29. The van der Waals surface area contributed by atoms with Crippen molar-refractivity contribution >= 4 is 21.6 Å². The van der Waals surface area contributed by atoms with Gasteiger partial charge in [-0.15, -0.1) is 0 Å². The summed E-state index contributed by atoms with van der Waals surface area (Å²) < 4.78 is 26.9. The Morgan fingerprint density at radius 2 is 1.62 bits per heavy atom. The van der Waals surface area contributed by atoms with Crippen LogP contribution in [-0.2, 0) is 10.0 Å². The van der Waals surface area contributed by atoms with Crippen LogP contribution < -0.4 is 9.62 Å². The fourth-order valence-electron chi connectivity index (χ4n) is 3.54. The lowest BCUT2D eigenvalue weighted by Gasteiger charge is -2.34. The number of sulfonamides is 1. The van der Waals surface area contributed by atoms with Crippen LogP contribution in [0.2, 0.25) is 0 Å². The molecule has 1 saturated heterocycles. The smallest absolute Gasteiger partial charge is 0.264 e. The molecule has 1 fully saturated rings. The molecule has 0 spiro atoms. The Balaban J connectivity index is 1.64. The molecule has 0 radical (unpaired) electrons. The average Bonchev–Trinajstić information content (AvgIpc) is 2.74. The van der Waals surface area contributed by atoms with E-state index in [-0.39, 0.29) is 16.8 Å². The van der Waals surface area contributed by atoms with Crippen LogP contribution in [0.15, 0.2) is 59.5 Å². The molecule has 1 aliphatic rings. The molecule has 0 aromatic heterocycles. The van der Waals surface area contributed by atoms with E-state index in [2.05, 4.69) is 24.1 Å². The molecule has 3 rings (SSSR count). The minimum atomic E-state index is -3.68. The molecule has 1 amide bonds. The second-order valence-corrected chi connectivity index (χ2v) is 9.68. The van der Waals surface area contributed by atoms with Gasteiger partial charge in [0.15, 0.2) is 0 Å². The molecule has 156 valence electrons. The molecule has 7 heteroatoms. The van der Waals surface area contributed by atoms with Crippen molar-refractivity contribution in [2.75, 3.05) is 24.4 Å². The van der Waals surface area contributed by atoms with Gasteiger partial charge in [-0.1, -0.05) is 18.2 Å². The zero-order valence-electron chi connectivity index (χ0n) is 17.2. The lowest BCUT2D eigenvalue weighted by Crippen LogP contribution is -2.46. The van der Waals surface area contributed by atoms with Crippen molar-refractivity contribution in [2.24, 2.45) is 0 Å². The predicted octanol–water partition coefficient (Wildman–Crippen LogP) is 3.11. The number of piperidine rings is 1. The summed E-state index contributed by atoms with van der Waals surface area (Å²) in [6.07, 6.45) is 1.86. The summed E-state index contributed by atoms with van der Waals surface area (Å²) in [6.45, 7) is 6.32. The highest BCUT2D eigenvalue weighted by Crippen LogP contribution is 2.22. The minimum absolute atomic E-state index is 0.158. The second-order valence-electron chi connectivity index (χ2n) is 7.71. The van der Waals surface area contributed by atoms with Gasteiger partial charge in [0.25, 0.3) is 15.9 Å². The molecule has 1 heterocycles. The van der Waals surface area contributed by atoms with Gasteiger partial charge in [0.05, 0.1) is 10.6 Å². The lowest BCUT2D eigenvalue weighted by molar-refractivity contribution is 0.0900. The Kier molecular flexibility index (Phi) is 6.59. The van der Waals surface area contributed by atoms with Crippen LogP contribution in [0.1, 0.15) is 37.0 Å². The van der Waals surface area contributed by atoms with E-state index in [9.17, 15) is 13.2 Å². The lowest BCUT2D eigenvalue weighted by atomic mass is 10.0. The van der Waals surface area contributed by atoms with Crippen molar-refractivity contribution in [3.63, 3.8) is 0 Å². The van der Waals surface area contributed by atoms with E-state index in [1.165, 1.54) is 23.5 Å². The predicted molar refractivity (Wildman–Crippen MR) is 116 cm³/mol. The van der Waals surface area contributed by atoms with Gasteiger partial charge in [0.2, 0.25) is 0 Å². The van der Waals surface area contributed by atoms with Gasteiger partial charge in [-0.2, -0.15) is 0 Å². The first kappa shape index (κ1) is 21.3. The molecule has 0 saturated carbocycles. The Bertz CT molecular complexity index is 920. The van der Waals surface area contributed by atoms with Crippen molar-refractivity contribution in [3.05, 3.63) is 60.2 Å². The summed E-state index contributed by atoms with van der Waals surface area (Å²) in [6, 6.07) is 15.7. The summed E-state index contributed by atoms with van der Waals surface area (Å²) in [5.41, 5.74) is 1.06. The van der Waals surface area contributed by atoms with Crippen LogP contribution in [0.5, 0.6) is 0 Å². The monoisotopic (exact) mass is 415 g/mol. The Labute approximate surface area is 173 Å². The van der Waals surface area contributed by atoms with Crippen LogP contribution in [0.25, 0.3) is 0 Å². The largest absolute Gasteiger partial charge is 0.349 e. The number of nitrogens with zero attached hydrogens (tertiary/aromatic N) is 2. The van der Waals surface area contributed by atoms with Crippen LogP contribution in [0.4, 0.5) is 5.69 Å². The number of anilines is 1. The Morgan fingerprint density at radius 1 is 1.03 bits per heavy atom. The van der Waals surface area contributed by atoms with E-state index in [1.54, 1.807) is 36.4 Å². The van der Waals surface area contributed by atoms with Crippen LogP contribution >= 0.6 is 0 Å². The van der Waals surface area contributed by atoms with Gasteiger partial charge < -0.3 is 10.2 Å². The third kappa shape index (κ3) is 4.97. The molecule has 1 aliphatic heterocycles. The van der Waals surface area contributed by atoms with Gasteiger partial charge in [-0.3, -0.25) is 9.10 Å². The number of rotatable bonds is 6. The van der Waals surface area contributed by atoms with E-state index in [4.69, 9.17) is 0 Å². The van der Waals surface area contributed by atoms with Gasteiger partial charge in [0.1, 0.15) is 0 Å². The van der Waals surface area contributed by atoms with E-state index in [1.807, 2.05) is 6.07 Å². The van der Waals surface area contributed by atoms with E-state index in [0.717, 1.165) is 25.9 Å². The van der Waals surface area contributed by atoms with Gasteiger partial charge in [-0.05, 0) is 63.1 Å². The Morgan fingerprint density at radius 3 is 2.17 bits per heavy atom. The number of benzene rings is 2. The molecule has 29 heavy (non-hydrogen) atoms. The summed E-state index contributed by atoms with van der Waals surface area (Å²) in [4.78, 5) is 15.1. The molecule has 2 aromatic rings. The normalized spacial score (nSPS) is 16.0. The van der Waals surface area contributed by atoms with Crippen LogP contribution in [-0.4, -0.2) is 51.4 Å². The van der Waals surface area contributed by atoms with Crippen LogP contribution in [0.3, 0.4) is 0 Å². The topological polar surface area (TPSA) is 69.7 Å². The summed E-state index contributed by atoms with van der Waals surface area (Å²) in [7, 11) is -2.16. The maximum absolute atomic E-state index is 12.8. The molecular formula is C22H29N3O3S. The maximum atomic E-state index is 12.8. The summed E-state index contributed by atoms with van der Waals surface area (Å²) in [5.74, 6) is -0.159. The summed E-state index contributed by atoms with van der Waals surface area (Å²) >= 11 is 0. The molecule has 0 aliphatic carbocycles. The first-order valence-corrected chi connectivity index (χ1v) is 11.4. The molecule has 2 aromatic carbocycles. The van der Waals surface area contributed by atoms with Gasteiger partial charge in [0, 0.05) is 37.8 Å².